The average Bonchev–Trinajstić information content (AvgIpc) is 2.74. The van der Waals surface area contributed by atoms with Crippen molar-refractivity contribution in [1.29, 1.82) is 0 Å². The number of aromatic nitrogens is 1. The van der Waals surface area contributed by atoms with Gasteiger partial charge in [-0.15, -0.1) is 5.11 Å². The molecule has 0 spiro atoms. The predicted molar refractivity (Wildman–Crippen MR) is 117 cm³/mol. The van der Waals surface area contributed by atoms with Crippen molar-refractivity contribution in [3.8, 4) is 5.75 Å². The van der Waals surface area contributed by atoms with Gasteiger partial charge in [-0.25, -0.2) is 4.98 Å². The monoisotopic (exact) mass is 402 g/mol. The van der Waals surface area contributed by atoms with Crippen LogP contribution in [0.5, 0.6) is 5.75 Å². The molecule has 0 atom stereocenters. The van der Waals surface area contributed by atoms with Crippen LogP contribution in [-0.2, 0) is 0 Å². The Kier molecular flexibility index (Phi) is 4.85. The summed E-state index contributed by atoms with van der Waals surface area (Å²) in [5.74, 6) is 0.714. The smallest absolute Gasteiger partial charge is 0.269 e. The summed E-state index contributed by atoms with van der Waals surface area (Å²) in [7, 11) is 0. The summed E-state index contributed by atoms with van der Waals surface area (Å²) < 4.78 is 5.56. The molecule has 9 heteroatoms. The van der Waals surface area contributed by atoms with Gasteiger partial charge in [0, 0.05) is 22.9 Å². The molecule has 0 unspecified atom stereocenters. The lowest BCUT2D eigenvalue weighted by atomic mass is 10.1. The van der Waals surface area contributed by atoms with Crippen LogP contribution in [0.15, 0.2) is 64.8 Å². The summed E-state index contributed by atoms with van der Waals surface area (Å²) in [6.07, 6.45) is 0. The number of benzene rings is 3. The Balaban J connectivity index is 1.83. The number of non-ortho nitro benzene ring substituents is 1. The molecule has 9 nitrogen and oxygen atoms in total. The fourth-order valence-electron chi connectivity index (χ4n) is 3.13. The summed E-state index contributed by atoms with van der Waals surface area (Å²) >= 11 is 0. The van der Waals surface area contributed by atoms with Crippen LogP contribution in [0.3, 0.4) is 0 Å². The van der Waals surface area contributed by atoms with Crippen LogP contribution in [0.25, 0.3) is 21.8 Å². The molecular formula is C21H18N6O3. The van der Waals surface area contributed by atoms with Crippen molar-refractivity contribution in [3.05, 3.63) is 64.7 Å². The molecule has 4 aromatic rings. The first-order chi connectivity index (χ1) is 14.5. The number of hydrogen-bond donors (Lipinski definition) is 2. The van der Waals surface area contributed by atoms with Crippen molar-refractivity contribution in [1.82, 2.24) is 4.98 Å². The topological polar surface area (TPSA) is 142 Å². The normalized spacial score (nSPS) is 11.4. The maximum Gasteiger partial charge on any atom is 0.269 e. The minimum Gasteiger partial charge on any atom is -0.494 e. The molecule has 1 heterocycles. The van der Waals surface area contributed by atoms with E-state index < -0.39 is 4.92 Å². The fraction of sp³-hybridized carbons (Fsp3) is 0.0952. The SMILES string of the molecule is CCOc1ccc2nc3c(N=Nc4ccc([N+](=O)[O-])cc4)c(N)ccc3c(N)c2c1. The van der Waals surface area contributed by atoms with E-state index in [1.54, 1.807) is 12.1 Å². The van der Waals surface area contributed by atoms with E-state index >= 15 is 0 Å². The second-order valence-electron chi connectivity index (χ2n) is 6.51. The molecule has 1 aromatic heterocycles. The van der Waals surface area contributed by atoms with Gasteiger partial charge in [-0.05, 0) is 49.4 Å². The highest BCUT2D eigenvalue weighted by molar-refractivity contribution is 6.11. The Hall–Kier alpha value is -4.27. The van der Waals surface area contributed by atoms with E-state index in [2.05, 4.69) is 10.2 Å². The summed E-state index contributed by atoms with van der Waals surface area (Å²) in [6, 6.07) is 14.7. The molecule has 30 heavy (non-hydrogen) atoms. The Labute approximate surface area is 171 Å². The lowest BCUT2D eigenvalue weighted by molar-refractivity contribution is -0.384. The van der Waals surface area contributed by atoms with Crippen molar-refractivity contribution < 1.29 is 9.66 Å². The molecule has 150 valence electrons. The summed E-state index contributed by atoms with van der Waals surface area (Å²) in [5, 5.41) is 20.7. The predicted octanol–water partition coefficient (Wildman–Crippen LogP) is 5.27. The van der Waals surface area contributed by atoms with Gasteiger partial charge in [-0.2, -0.15) is 5.11 Å². The summed E-state index contributed by atoms with van der Waals surface area (Å²) in [6.45, 7) is 2.47. The molecule has 4 rings (SSSR count). The number of hydrogen-bond acceptors (Lipinski definition) is 8. The third-order valence-electron chi connectivity index (χ3n) is 4.60. The number of anilines is 2. The lowest BCUT2D eigenvalue weighted by Crippen LogP contribution is -1.96. The number of fused-ring (bicyclic) bond motifs is 2. The van der Waals surface area contributed by atoms with Crippen LogP contribution >= 0.6 is 0 Å². The molecule has 0 bridgehead atoms. The van der Waals surface area contributed by atoms with Crippen LogP contribution < -0.4 is 16.2 Å². The zero-order valence-electron chi connectivity index (χ0n) is 16.1. The number of nitrogen functional groups attached to an aromatic ring is 2. The first kappa shape index (κ1) is 19.1. The van der Waals surface area contributed by atoms with Crippen molar-refractivity contribution in [2.45, 2.75) is 6.92 Å². The quantitative estimate of drug-likeness (QED) is 0.153. The van der Waals surface area contributed by atoms with E-state index in [0.29, 0.717) is 51.5 Å². The maximum absolute atomic E-state index is 10.8. The van der Waals surface area contributed by atoms with Crippen molar-refractivity contribution in [2.24, 2.45) is 10.2 Å². The number of azo groups is 1. The third kappa shape index (κ3) is 3.44. The Morgan fingerprint density at radius 2 is 1.80 bits per heavy atom. The number of rotatable bonds is 5. The van der Waals surface area contributed by atoms with Gasteiger partial charge in [0.1, 0.15) is 17.0 Å². The zero-order valence-corrected chi connectivity index (χ0v) is 16.1. The van der Waals surface area contributed by atoms with Gasteiger partial charge < -0.3 is 16.2 Å². The van der Waals surface area contributed by atoms with Gasteiger partial charge >= 0.3 is 0 Å². The van der Waals surface area contributed by atoms with E-state index in [4.69, 9.17) is 21.2 Å². The van der Waals surface area contributed by atoms with Gasteiger partial charge in [0.05, 0.1) is 34.1 Å². The van der Waals surface area contributed by atoms with E-state index in [1.165, 1.54) is 24.3 Å². The minimum atomic E-state index is -0.474. The zero-order chi connectivity index (χ0) is 21.3. The number of nitro groups is 1. The highest BCUT2D eigenvalue weighted by Crippen LogP contribution is 2.38. The molecule has 0 aliphatic carbocycles. The molecule has 0 aliphatic rings. The van der Waals surface area contributed by atoms with Gasteiger partial charge in [-0.3, -0.25) is 10.1 Å². The van der Waals surface area contributed by atoms with Gasteiger partial charge in [-0.1, -0.05) is 0 Å². The van der Waals surface area contributed by atoms with Crippen LogP contribution in [0, 0.1) is 10.1 Å². The van der Waals surface area contributed by atoms with Crippen LogP contribution in [0.2, 0.25) is 0 Å². The molecule has 0 aliphatic heterocycles. The number of nitrogens with two attached hydrogens (primary N) is 2. The Morgan fingerprint density at radius 3 is 2.50 bits per heavy atom. The van der Waals surface area contributed by atoms with Gasteiger partial charge in [0.25, 0.3) is 5.69 Å². The molecule has 0 amide bonds. The van der Waals surface area contributed by atoms with Crippen LogP contribution in [-0.4, -0.2) is 16.5 Å². The first-order valence-corrected chi connectivity index (χ1v) is 9.18. The molecule has 0 radical (unpaired) electrons. The Bertz CT molecular complexity index is 1300. The lowest BCUT2D eigenvalue weighted by Gasteiger charge is -2.11. The third-order valence-corrected chi connectivity index (χ3v) is 4.60. The number of nitro benzene ring substituents is 1. The minimum absolute atomic E-state index is 0.0223. The molecule has 3 aromatic carbocycles. The molecular weight excluding hydrogens is 384 g/mol. The van der Waals surface area contributed by atoms with Crippen LogP contribution in [0.1, 0.15) is 6.92 Å². The molecule has 0 saturated carbocycles. The van der Waals surface area contributed by atoms with E-state index in [1.807, 2.05) is 25.1 Å². The number of nitrogens with zero attached hydrogens (tertiary/aromatic N) is 4. The number of ether oxygens (including phenoxy) is 1. The fourth-order valence-corrected chi connectivity index (χ4v) is 3.13. The molecule has 0 fully saturated rings. The van der Waals surface area contributed by atoms with Crippen molar-refractivity contribution >= 4 is 50.2 Å². The molecule has 0 saturated heterocycles. The van der Waals surface area contributed by atoms with Gasteiger partial charge in [0.15, 0.2) is 0 Å². The van der Waals surface area contributed by atoms with E-state index in [-0.39, 0.29) is 5.69 Å². The number of pyridine rings is 1. The summed E-state index contributed by atoms with van der Waals surface area (Å²) in [4.78, 5) is 15.0. The van der Waals surface area contributed by atoms with Crippen LogP contribution in [0.4, 0.5) is 28.4 Å². The second kappa shape index (κ2) is 7.63. The van der Waals surface area contributed by atoms with E-state index in [9.17, 15) is 10.1 Å². The average molecular weight is 402 g/mol. The van der Waals surface area contributed by atoms with Crippen molar-refractivity contribution in [3.63, 3.8) is 0 Å². The Morgan fingerprint density at radius 1 is 1.03 bits per heavy atom. The van der Waals surface area contributed by atoms with Crippen molar-refractivity contribution in [2.75, 3.05) is 18.1 Å². The molecule has 4 N–H and O–H groups in total. The first-order valence-electron chi connectivity index (χ1n) is 9.18. The largest absolute Gasteiger partial charge is 0.494 e. The van der Waals surface area contributed by atoms with E-state index in [0.717, 1.165) is 5.39 Å². The maximum atomic E-state index is 10.8. The highest BCUT2D eigenvalue weighted by Gasteiger charge is 2.13. The van der Waals surface area contributed by atoms with Gasteiger partial charge in [0.2, 0.25) is 0 Å². The summed E-state index contributed by atoms with van der Waals surface area (Å²) in [5.41, 5.74) is 15.5. The standard InChI is InChI=1S/C21H18N6O3/c1-2-30-14-7-10-18-16(11-14)19(23)15-8-9-17(22)21(20(15)24-18)26-25-12-3-5-13(6-4-12)27(28)29/h3-11H,2,22H2,1H3,(H2,23,24). The second-order valence-corrected chi connectivity index (χ2v) is 6.51. The highest BCUT2D eigenvalue weighted by atomic mass is 16.6.